The monoisotopic (exact) mass is 395 g/mol. The molecule has 4 rings (SSSR count). The van der Waals surface area contributed by atoms with Gasteiger partial charge >= 0.3 is 5.56 Å². The van der Waals surface area contributed by atoms with Gasteiger partial charge in [-0.05, 0) is 30.4 Å². The maximum Gasteiger partial charge on any atom is 0.315 e. The molecule has 1 aliphatic carbocycles. The summed E-state index contributed by atoms with van der Waals surface area (Å²) in [4.78, 5) is 30.8. The molecule has 1 fully saturated rings. The van der Waals surface area contributed by atoms with Crippen molar-refractivity contribution in [3.63, 3.8) is 0 Å². The van der Waals surface area contributed by atoms with Crippen LogP contribution in [0.3, 0.4) is 0 Å². The van der Waals surface area contributed by atoms with Crippen molar-refractivity contribution in [2.75, 3.05) is 13.6 Å². The molecule has 1 aliphatic heterocycles. The number of aromatic nitrogens is 2. The number of amides is 1. The largest absolute Gasteiger partial charge is 0.501 e. The Hall–Kier alpha value is -2.63. The number of fused-ring (bicyclic) bond motifs is 1. The molecule has 1 saturated carbocycles. The number of rotatable bonds is 5. The number of likely N-dealkylation sites (N-methyl/N-ethyl adjacent to an activating group) is 1. The van der Waals surface area contributed by atoms with E-state index in [1.54, 1.807) is 11.6 Å². The zero-order chi connectivity index (χ0) is 20.6. The van der Waals surface area contributed by atoms with E-state index in [1.807, 2.05) is 0 Å². The van der Waals surface area contributed by atoms with Crippen LogP contribution in [0, 0.1) is 0 Å². The number of hydrogen-bond acceptors (Lipinski definition) is 4. The van der Waals surface area contributed by atoms with Gasteiger partial charge in [-0.25, -0.2) is 0 Å². The highest BCUT2D eigenvalue weighted by Crippen LogP contribution is 2.44. The molecule has 0 bridgehead atoms. The minimum Gasteiger partial charge on any atom is -0.501 e. The fourth-order valence-corrected chi connectivity index (χ4v) is 4.98. The minimum atomic E-state index is -0.706. The molecule has 1 aromatic heterocycles. The highest BCUT2D eigenvalue weighted by atomic mass is 16.3. The van der Waals surface area contributed by atoms with E-state index >= 15 is 0 Å². The number of carbonyl (C=O) groups is 1. The quantitative estimate of drug-likeness (QED) is 0.844. The SMILES string of the molecule is CCCc1cccc(C2(Cc3nc(=O)c(O)c4n3CCN(C)C4=O)CCCC2)c1. The van der Waals surface area contributed by atoms with Crippen molar-refractivity contribution in [3.8, 4) is 5.75 Å². The van der Waals surface area contributed by atoms with Crippen molar-refractivity contribution in [1.29, 1.82) is 0 Å². The first-order chi connectivity index (χ1) is 13.9. The molecule has 154 valence electrons. The first kappa shape index (κ1) is 19.7. The molecular weight excluding hydrogens is 366 g/mol. The van der Waals surface area contributed by atoms with Crippen LogP contribution in [0.2, 0.25) is 0 Å². The van der Waals surface area contributed by atoms with Gasteiger partial charge in [-0.1, -0.05) is 50.5 Å². The van der Waals surface area contributed by atoms with Crippen molar-refractivity contribution in [2.24, 2.45) is 0 Å². The Balaban J connectivity index is 1.79. The Morgan fingerprint density at radius 3 is 2.66 bits per heavy atom. The summed E-state index contributed by atoms with van der Waals surface area (Å²) < 4.78 is 1.77. The number of carbonyl (C=O) groups excluding carboxylic acids is 1. The molecule has 1 aromatic carbocycles. The van der Waals surface area contributed by atoms with E-state index in [2.05, 4.69) is 36.2 Å². The van der Waals surface area contributed by atoms with Gasteiger partial charge in [0.05, 0.1) is 0 Å². The van der Waals surface area contributed by atoms with Gasteiger partial charge < -0.3 is 14.6 Å². The van der Waals surface area contributed by atoms with E-state index in [4.69, 9.17) is 0 Å². The van der Waals surface area contributed by atoms with Crippen LogP contribution < -0.4 is 5.56 Å². The molecule has 2 heterocycles. The van der Waals surface area contributed by atoms with Crippen LogP contribution in [-0.4, -0.2) is 39.1 Å². The summed E-state index contributed by atoms with van der Waals surface area (Å²) in [7, 11) is 1.69. The van der Waals surface area contributed by atoms with Gasteiger partial charge in [0, 0.05) is 32.0 Å². The van der Waals surface area contributed by atoms with E-state index in [1.165, 1.54) is 16.0 Å². The highest BCUT2D eigenvalue weighted by molar-refractivity contribution is 5.95. The minimum absolute atomic E-state index is 0.0761. The summed E-state index contributed by atoms with van der Waals surface area (Å²) in [6.07, 6.45) is 7.16. The molecule has 29 heavy (non-hydrogen) atoms. The first-order valence-corrected chi connectivity index (χ1v) is 10.6. The Bertz CT molecular complexity index is 989. The Morgan fingerprint density at radius 2 is 1.93 bits per heavy atom. The zero-order valence-corrected chi connectivity index (χ0v) is 17.3. The van der Waals surface area contributed by atoms with Crippen LogP contribution in [0.15, 0.2) is 29.1 Å². The lowest BCUT2D eigenvalue weighted by atomic mass is 9.75. The Labute approximate surface area is 171 Å². The van der Waals surface area contributed by atoms with Gasteiger partial charge in [0.25, 0.3) is 5.91 Å². The summed E-state index contributed by atoms with van der Waals surface area (Å²) in [5.41, 5.74) is 1.94. The predicted octanol–water partition coefficient (Wildman–Crippen LogP) is 3.04. The summed E-state index contributed by atoms with van der Waals surface area (Å²) in [6.45, 7) is 3.27. The Morgan fingerprint density at radius 1 is 1.17 bits per heavy atom. The second kappa shape index (κ2) is 7.65. The molecule has 0 atom stereocenters. The predicted molar refractivity (Wildman–Crippen MR) is 111 cm³/mol. The number of nitrogens with zero attached hydrogens (tertiary/aromatic N) is 3. The van der Waals surface area contributed by atoms with Crippen LogP contribution in [0.25, 0.3) is 0 Å². The van der Waals surface area contributed by atoms with E-state index in [-0.39, 0.29) is 17.0 Å². The number of aryl methyl sites for hydroxylation is 1. The van der Waals surface area contributed by atoms with Crippen LogP contribution in [-0.2, 0) is 24.8 Å². The summed E-state index contributed by atoms with van der Waals surface area (Å²) in [6, 6.07) is 8.81. The fourth-order valence-electron chi connectivity index (χ4n) is 4.98. The maximum atomic E-state index is 12.6. The smallest absolute Gasteiger partial charge is 0.315 e. The van der Waals surface area contributed by atoms with Crippen LogP contribution in [0.5, 0.6) is 5.75 Å². The topological polar surface area (TPSA) is 75.4 Å². The van der Waals surface area contributed by atoms with Crippen LogP contribution in [0.4, 0.5) is 0 Å². The molecular formula is C23H29N3O3. The van der Waals surface area contributed by atoms with E-state index < -0.39 is 11.3 Å². The molecule has 0 saturated heterocycles. The number of hydrogen-bond donors (Lipinski definition) is 1. The highest BCUT2D eigenvalue weighted by Gasteiger charge is 2.39. The summed E-state index contributed by atoms with van der Waals surface area (Å²) in [5, 5.41) is 10.3. The third-order valence-corrected chi connectivity index (χ3v) is 6.58. The standard InChI is InChI=1S/C23H29N3O3/c1-3-7-16-8-6-9-17(14-16)23(10-4-5-11-23)15-18-24-21(28)20(27)19-22(29)25(2)12-13-26(18)19/h6,8-9,14,27H,3-5,7,10-13,15H2,1-2H3. The molecule has 6 nitrogen and oxygen atoms in total. The molecule has 1 amide bonds. The molecule has 0 spiro atoms. The lowest BCUT2D eigenvalue weighted by Gasteiger charge is -2.33. The average molecular weight is 396 g/mol. The second-order valence-corrected chi connectivity index (χ2v) is 8.52. The zero-order valence-electron chi connectivity index (χ0n) is 17.3. The van der Waals surface area contributed by atoms with E-state index in [9.17, 15) is 14.7 Å². The van der Waals surface area contributed by atoms with Gasteiger partial charge in [-0.2, -0.15) is 4.98 Å². The molecule has 2 aromatic rings. The Kier molecular flexibility index (Phi) is 5.19. The normalized spacial score (nSPS) is 18.1. The fraction of sp³-hybridized carbons (Fsp3) is 0.522. The van der Waals surface area contributed by atoms with Gasteiger partial charge in [-0.3, -0.25) is 9.59 Å². The summed E-state index contributed by atoms with van der Waals surface area (Å²) in [5.74, 6) is -0.234. The second-order valence-electron chi connectivity index (χ2n) is 8.52. The molecule has 1 N–H and O–H groups in total. The van der Waals surface area contributed by atoms with E-state index in [0.717, 1.165) is 38.5 Å². The lowest BCUT2D eigenvalue weighted by molar-refractivity contribution is 0.0737. The van der Waals surface area contributed by atoms with Gasteiger partial charge in [0.2, 0.25) is 5.75 Å². The third-order valence-electron chi connectivity index (χ3n) is 6.58. The number of benzene rings is 1. The molecule has 0 radical (unpaired) electrons. The van der Waals surface area contributed by atoms with Crippen molar-refractivity contribution >= 4 is 5.91 Å². The van der Waals surface area contributed by atoms with Gasteiger partial charge in [0.15, 0.2) is 5.69 Å². The van der Waals surface area contributed by atoms with Crippen LogP contribution in [0.1, 0.15) is 66.5 Å². The van der Waals surface area contributed by atoms with Crippen LogP contribution >= 0.6 is 0 Å². The van der Waals surface area contributed by atoms with Crippen molar-refractivity contribution in [3.05, 3.63) is 57.3 Å². The molecule has 0 unspecified atom stereocenters. The average Bonchev–Trinajstić information content (AvgIpc) is 3.18. The number of aromatic hydroxyl groups is 1. The van der Waals surface area contributed by atoms with E-state index in [0.29, 0.717) is 25.3 Å². The van der Waals surface area contributed by atoms with Crippen molar-refractivity contribution in [2.45, 2.75) is 63.8 Å². The first-order valence-electron chi connectivity index (χ1n) is 10.6. The van der Waals surface area contributed by atoms with Gasteiger partial charge in [-0.15, -0.1) is 0 Å². The summed E-state index contributed by atoms with van der Waals surface area (Å²) >= 11 is 0. The molecule has 6 heteroatoms. The maximum absolute atomic E-state index is 12.6. The molecule has 2 aliphatic rings. The van der Waals surface area contributed by atoms with Crippen molar-refractivity contribution in [1.82, 2.24) is 14.5 Å². The lowest BCUT2D eigenvalue weighted by Crippen LogP contribution is -2.42. The third kappa shape index (κ3) is 3.45. The van der Waals surface area contributed by atoms with Crippen molar-refractivity contribution < 1.29 is 9.90 Å². The van der Waals surface area contributed by atoms with Gasteiger partial charge in [0.1, 0.15) is 5.82 Å².